The van der Waals surface area contributed by atoms with Crippen LogP contribution in [0, 0.1) is 0 Å². The van der Waals surface area contributed by atoms with Gasteiger partial charge < -0.3 is 9.47 Å². The molecule has 2 nitrogen and oxygen atoms in total. The van der Waals surface area contributed by atoms with Crippen LogP contribution >= 0.6 is 0 Å². The number of aromatic nitrogens is 1. The molecule has 0 saturated carbocycles. The van der Waals surface area contributed by atoms with Crippen molar-refractivity contribution in [1.29, 1.82) is 0 Å². The lowest BCUT2D eigenvalue weighted by Gasteiger charge is -2.30. The number of rotatable bonds is 7. The van der Waals surface area contributed by atoms with Crippen molar-refractivity contribution in [2.45, 2.75) is 0 Å². The Morgan fingerprint density at radius 2 is 0.803 bits per heavy atom. The average molecular weight is 839 g/mol. The van der Waals surface area contributed by atoms with Gasteiger partial charge in [0.1, 0.15) is 0 Å². The molecule has 1 heterocycles. The Labute approximate surface area is 383 Å². The molecular formula is C64H42N2. The standard InChI is InChI=1S/C64H42N2/c1-4-21-43(22-5-1)62-54-33-15-13-30-50(54)51-40-39-47(42-57(51)63(62)44-23-6-2-7-24-44)66(61-41-45-25-10-11-28-48(45)49-29-12-14-31-52(49)61)58-36-18-16-32-53(58)55-35-20-38-60-64(55)56-34-17-19-37-59(56)65(60)46-26-8-3-9-27-46/h1-42H. The predicted octanol–water partition coefficient (Wildman–Crippen LogP) is 17.9. The topological polar surface area (TPSA) is 8.17 Å². The summed E-state index contributed by atoms with van der Waals surface area (Å²) in [6.07, 6.45) is 0. The van der Waals surface area contributed by atoms with E-state index in [-0.39, 0.29) is 0 Å². The highest BCUT2D eigenvalue weighted by Crippen LogP contribution is 2.51. The Morgan fingerprint density at radius 3 is 1.55 bits per heavy atom. The molecule has 0 atom stereocenters. The summed E-state index contributed by atoms with van der Waals surface area (Å²) in [6.45, 7) is 0. The molecule has 0 amide bonds. The third-order valence-electron chi connectivity index (χ3n) is 13.5. The molecule has 308 valence electrons. The van der Waals surface area contributed by atoms with E-state index in [0.29, 0.717) is 0 Å². The first-order valence-corrected chi connectivity index (χ1v) is 22.8. The van der Waals surface area contributed by atoms with E-state index in [1.165, 1.54) is 92.7 Å². The fourth-order valence-corrected chi connectivity index (χ4v) is 10.8. The minimum atomic E-state index is 1.08. The van der Waals surface area contributed by atoms with Crippen LogP contribution in [0.1, 0.15) is 0 Å². The summed E-state index contributed by atoms with van der Waals surface area (Å²) in [6, 6.07) is 93.5. The maximum absolute atomic E-state index is 2.53. The Balaban J connectivity index is 1.16. The molecule has 13 rings (SSSR count). The molecule has 1 aromatic heterocycles. The van der Waals surface area contributed by atoms with E-state index >= 15 is 0 Å². The highest BCUT2D eigenvalue weighted by Gasteiger charge is 2.25. The van der Waals surface area contributed by atoms with Gasteiger partial charge in [0.2, 0.25) is 0 Å². The Bertz CT molecular complexity index is 3980. The van der Waals surface area contributed by atoms with Crippen LogP contribution in [-0.2, 0) is 0 Å². The van der Waals surface area contributed by atoms with Crippen molar-refractivity contribution in [3.63, 3.8) is 0 Å². The number of anilines is 3. The van der Waals surface area contributed by atoms with E-state index in [2.05, 4.69) is 264 Å². The molecule has 13 aromatic rings. The molecule has 0 N–H and O–H groups in total. The monoisotopic (exact) mass is 838 g/mol. The lowest BCUT2D eigenvalue weighted by molar-refractivity contribution is 1.18. The highest BCUT2D eigenvalue weighted by atomic mass is 15.1. The van der Waals surface area contributed by atoms with Crippen LogP contribution in [0.4, 0.5) is 17.1 Å². The van der Waals surface area contributed by atoms with E-state index in [4.69, 9.17) is 0 Å². The lowest BCUT2D eigenvalue weighted by atomic mass is 9.84. The Kier molecular flexibility index (Phi) is 8.89. The molecule has 0 aliphatic heterocycles. The number of para-hydroxylation sites is 3. The van der Waals surface area contributed by atoms with Crippen LogP contribution < -0.4 is 4.90 Å². The molecule has 0 radical (unpaired) electrons. The summed E-state index contributed by atoms with van der Waals surface area (Å²) in [5.74, 6) is 0. The third-order valence-corrected chi connectivity index (χ3v) is 13.5. The van der Waals surface area contributed by atoms with Crippen LogP contribution in [0.5, 0.6) is 0 Å². The zero-order valence-electron chi connectivity index (χ0n) is 36.1. The van der Waals surface area contributed by atoms with Gasteiger partial charge >= 0.3 is 0 Å². The fraction of sp³-hybridized carbons (Fsp3) is 0. The zero-order chi connectivity index (χ0) is 43.6. The van der Waals surface area contributed by atoms with Gasteiger partial charge in [0.05, 0.1) is 22.4 Å². The normalized spacial score (nSPS) is 11.6. The molecule has 0 unspecified atom stereocenters. The second kappa shape index (κ2) is 15.5. The van der Waals surface area contributed by atoms with Gasteiger partial charge in [-0.1, -0.05) is 206 Å². The first kappa shape index (κ1) is 37.8. The Hall–Kier alpha value is -8.72. The number of hydrogen-bond acceptors (Lipinski definition) is 1. The quantitative estimate of drug-likeness (QED) is 0.145. The first-order valence-electron chi connectivity index (χ1n) is 22.8. The maximum Gasteiger partial charge on any atom is 0.0547 e. The van der Waals surface area contributed by atoms with Crippen LogP contribution in [-0.4, -0.2) is 4.57 Å². The second-order valence-electron chi connectivity index (χ2n) is 17.2. The summed E-state index contributed by atoms with van der Waals surface area (Å²) in [4.78, 5) is 2.53. The number of benzene rings is 12. The van der Waals surface area contributed by atoms with E-state index in [0.717, 1.165) is 28.3 Å². The molecule has 12 aromatic carbocycles. The smallest absolute Gasteiger partial charge is 0.0547 e. The van der Waals surface area contributed by atoms with Crippen molar-refractivity contribution in [1.82, 2.24) is 4.57 Å². The fourth-order valence-electron chi connectivity index (χ4n) is 10.8. The van der Waals surface area contributed by atoms with Crippen LogP contribution in [0.2, 0.25) is 0 Å². The molecule has 0 spiro atoms. The summed E-state index contributed by atoms with van der Waals surface area (Å²) in [5, 5.41) is 12.2. The number of hydrogen-bond donors (Lipinski definition) is 0. The van der Waals surface area contributed by atoms with Gasteiger partial charge in [-0.3, -0.25) is 0 Å². The molecule has 0 aliphatic rings. The van der Waals surface area contributed by atoms with Gasteiger partial charge in [0.25, 0.3) is 0 Å². The summed E-state index contributed by atoms with van der Waals surface area (Å²) in [5.41, 5.74) is 14.0. The van der Waals surface area contributed by atoms with Gasteiger partial charge in [-0.25, -0.2) is 0 Å². The molecule has 0 saturated heterocycles. The summed E-state index contributed by atoms with van der Waals surface area (Å²) >= 11 is 0. The summed E-state index contributed by atoms with van der Waals surface area (Å²) < 4.78 is 2.41. The van der Waals surface area contributed by atoms with Crippen molar-refractivity contribution in [3.05, 3.63) is 255 Å². The molecule has 66 heavy (non-hydrogen) atoms. The minimum absolute atomic E-state index is 1.08. The van der Waals surface area contributed by atoms with Gasteiger partial charge in [0.15, 0.2) is 0 Å². The largest absolute Gasteiger partial charge is 0.309 e. The first-order chi connectivity index (χ1) is 32.8. The van der Waals surface area contributed by atoms with E-state index in [1.807, 2.05) is 0 Å². The molecule has 0 bridgehead atoms. The molecular weight excluding hydrogens is 797 g/mol. The second-order valence-corrected chi connectivity index (χ2v) is 17.2. The van der Waals surface area contributed by atoms with E-state index in [1.54, 1.807) is 0 Å². The molecule has 0 aliphatic carbocycles. The minimum Gasteiger partial charge on any atom is -0.309 e. The van der Waals surface area contributed by atoms with Crippen molar-refractivity contribution >= 4 is 82.0 Å². The van der Waals surface area contributed by atoms with Crippen molar-refractivity contribution in [2.75, 3.05) is 4.90 Å². The van der Waals surface area contributed by atoms with Gasteiger partial charge in [0, 0.05) is 33.1 Å². The molecule has 2 heteroatoms. The van der Waals surface area contributed by atoms with E-state index < -0.39 is 0 Å². The SMILES string of the molecule is c1ccc(-c2c(-c3ccccc3)c3cc(N(c4ccccc4-c4cccc5c4c4ccccc4n5-c4ccccc4)c4cc5ccccc5c5ccccc45)ccc3c3ccccc23)cc1. The van der Waals surface area contributed by atoms with Crippen molar-refractivity contribution in [3.8, 4) is 39.1 Å². The van der Waals surface area contributed by atoms with Gasteiger partial charge in [-0.2, -0.15) is 0 Å². The zero-order valence-corrected chi connectivity index (χ0v) is 36.1. The van der Waals surface area contributed by atoms with Gasteiger partial charge in [-0.05, 0) is 114 Å². The van der Waals surface area contributed by atoms with Crippen molar-refractivity contribution < 1.29 is 0 Å². The van der Waals surface area contributed by atoms with Crippen molar-refractivity contribution in [2.24, 2.45) is 0 Å². The third kappa shape index (κ3) is 5.96. The Morgan fingerprint density at radius 1 is 0.288 bits per heavy atom. The average Bonchev–Trinajstić information content (AvgIpc) is 3.74. The van der Waals surface area contributed by atoms with E-state index in [9.17, 15) is 0 Å². The lowest BCUT2D eigenvalue weighted by Crippen LogP contribution is -2.12. The summed E-state index contributed by atoms with van der Waals surface area (Å²) in [7, 11) is 0. The van der Waals surface area contributed by atoms with Crippen LogP contribution in [0.15, 0.2) is 255 Å². The highest BCUT2D eigenvalue weighted by molar-refractivity contribution is 6.23. The van der Waals surface area contributed by atoms with Crippen LogP contribution in [0.3, 0.4) is 0 Å². The number of fused-ring (bicyclic) bond motifs is 9. The van der Waals surface area contributed by atoms with Crippen LogP contribution in [0.25, 0.3) is 104 Å². The maximum atomic E-state index is 2.53. The number of nitrogens with zero attached hydrogens (tertiary/aromatic N) is 2. The molecule has 0 fully saturated rings. The predicted molar refractivity (Wildman–Crippen MR) is 282 cm³/mol. The van der Waals surface area contributed by atoms with Gasteiger partial charge in [-0.15, -0.1) is 0 Å².